The molecule has 4 nitrogen and oxygen atoms in total. The summed E-state index contributed by atoms with van der Waals surface area (Å²) < 4.78 is 72.8. The molecular weight excluding hydrogens is 289 g/mol. The molecule has 9 heteroatoms. The minimum absolute atomic E-state index is 0.281. The first-order chi connectivity index (χ1) is 9.22. The second kappa shape index (κ2) is 6.02. The molecule has 1 aromatic heterocycles. The third-order valence-electron chi connectivity index (χ3n) is 2.39. The third kappa shape index (κ3) is 3.34. The molecule has 0 aromatic carbocycles. The van der Waals surface area contributed by atoms with E-state index in [4.69, 9.17) is 0 Å². The van der Waals surface area contributed by atoms with Crippen molar-refractivity contribution in [2.45, 2.75) is 19.0 Å². The van der Waals surface area contributed by atoms with Gasteiger partial charge < -0.3 is 9.47 Å². The standard InChI is InChI=1S/C11H10F5NO3/c1-19-6(18)3-5-4-17-8(10(12)13)7(9(5)20-2)11(14,15)16/h4,10H,3H2,1-2H3. The van der Waals surface area contributed by atoms with Crippen LogP contribution in [-0.2, 0) is 22.1 Å². The van der Waals surface area contributed by atoms with Gasteiger partial charge in [-0.25, -0.2) is 8.78 Å². The molecule has 0 radical (unpaired) electrons. The molecule has 0 saturated heterocycles. The van der Waals surface area contributed by atoms with Gasteiger partial charge in [0, 0.05) is 11.8 Å². The van der Waals surface area contributed by atoms with E-state index >= 15 is 0 Å². The predicted octanol–water partition coefficient (Wildman–Crippen LogP) is 2.76. The summed E-state index contributed by atoms with van der Waals surface area (Å²) in [4.78, 5) is 14.2. The number of methoxy groups -OCH3 is 2. The highest BCUT2D eigenvalue weighted by molar-refractivity contribution is 5.73. The van der Waals surface area contributed by atoms with Crippen LogP contribution >= 0.6 is 0 Å². The monoisotopic (exact) mass is 299 g/mol. The highest BCUT2D eigenvalue weighted by Gasteiger charge is 2.41. The maximum atomic E-state index is 12.9. The van der Waals surface area contributed by atoms with Crippen LogP contribution in [0.4, 0.5) is 22.0 Å². The van der Waals surface area contributed by atoms with Crippen LogP contribution in [0.2, 0.25) is 0 Å². The SMILES string of the molecule is COC(=O)Cc1cnc(C(F)F)c(C(F)(F)F)c1OC. The lowest BCUT2D eigenvalue weighted by atomic mass is 10.1. The van der Waals surface area contributed by atoms with E-state index in [-0.39, 0.29) is 5.56 Å². The Labute approximate surface area is 110 Å². The Morgan fingerprint density at radius 1 is 1.35 bits per heavy atom. The summed E-state index contributed by atoms with van der Waals surface area (Å²) in [6, 6.07) is 0. The van der Waals surface area contributed by atoms with Gasteiger partial charge in [0.1, 0.15) is 17.0 Å². The fourth-order valence-corrected chi connectivity index (χ4v) is 1.57. The van der Waals surface area contributed by atoms with E-state index in [1.54, 1.807) is 0 Å². The van der Waals surface area contributed by atoms with Gasteiger partial charge in [-0.1, -0.05) is 0 Å². The Hall–Kier alpha value is -1.93. The molecule has 0 aliphatic heterocycles. The molecule has 1 rings (SSSR count). The number of halogens is 5. The van der Waals surface area contributed by atoms with Crippen molar-refractivity contribution in [3.63, 3.8) is 0 Å². The number of pyridine rings is 1. The van der Waals surface area contributed by atoms with Gasteiger partial charge in [0.25, 0.3) is 6.43 Å². The molecule has 1 heterocycles. The smallest absolute Gasteiger partial charge is 0.421 e. The van der Waals surface area contributed by atoms with E-state index in [9.17, 15) is 26.7 Å². The summed E-state index contributed by atoms with van der Waals surface area (Å²) in [5, 5.41) is 0. The second-order valence-electron chi connectivity index (χ2n) is 3.63. The van der Waals surface area contributed by atoms with Crippen molar-refractivity contribution in [3.8, 4) is 5.75 Å². The van der Waals surface area contributed by atoms with Crippen LogP contribution in [0.25, 0.3) is 0 Å². The Morgan fingerprint density at radius 2 is 1.95 bits per heavy atom. The zero-order valence-electron chi connectivity index (χ0n) is 10.4. The van der Waals surface area contributed by atoms with Crippen molar-refractivity contribution in [2.24, 2.45) is 0 Å². The van der Waals surface area contributed by atoms with E-state index in [0.29, 0.717) is 0 Å². The van der Waals surface area contributed by atoms with Crippen molar-refractivity contribution in [3.05, 3.63) is 23.0 Å². The van der Waals surface area contributed by atoms with Crippen LogP contribution in [0.1, 0.15) is 23.2 Å². The molecule has 0 fully saturated rings. The highest BCUT2D eigenvalue weighted by Crippen LogP contribution is 2.42. The van der Waals surface area contributed by atoms with Crippen LogP contribution in [0.3, 0.4) is 0 Å². The van der Waals surface area contributed by atoms with Crippen molar-refractivity contribution in [1.29, 1.82) is 0 Å². The number of hydrogen-bond donors (Lipinski definition) is 0. The molecular formula is C11H10F5NO3. The topological polar surface area (TPSA) is 48.4 Å². The lowest BCUT2D eigenvalue weighted by Crippen LogP contribution is -2.16. The van der Waals surface area contributed by atoms with Crippen LogP contribution in [0.15, 0.2) is 6.20 Å². The van der Waals surface area contributed by atoms with Crippen molar-refractivity contribution in [1.82, 2.24) is 4.98 Å². The number of carbonyl (C=O) groups is 1. The molecule has 0 atom stereocenters. The van der Waals surface area contributed by atoms with Gasteiger partial charge >= 0.3 is 12.1 Å². The summed E-state index contributed by atoms with van der Waals surface area (Å²) in [7, 11) is 1.93. The van der Waals surface area contributed by atoms with E-state index in [2.05, 4.69) is 14.5 Å². The molecule has 0 aliphatic carbocycles. The van der Waals surface area contributed by atoms with Gasteiger partial charge in [-0.05, 0) is 0 Å². The van der Waals surface area contributed by atoms with Gasteiger partial charge in [-0.3, -0.25) is 9.78 Å². The van der Waals surface area contributed by atoms with Crippen LogP contribution in [-0.4, -0.2) is 25.2 Å². The molecule has 0 bridgehead atoms. The molecule has 0 spiro atoms. The average molecular weight is 299 g/mol. The summed E-state index contributed by atoms with van der Waals surface area (Å²) in [6.45, 7) is 0. The van der Waals surface area contributed by atoms with E-state index < -0.39 is 42.0 Å². The zero-order valence-corrected chi connectivity index (χ0v) is 10.4. The van der Waals surface area contributed by atoms with Gasteiger partial charge in [-0.15, -0.1) is 0 Å². The summed E-state index contributed by atoms with van der Waals surface area (Å²) in [5.74, 6) is -1.70. The average Bonchev–Trinajstić information content (AvgIpc) is 2.36. The first-order valence-electron chi connectivity index (χ1n) is 5.20. The number of aromatic nitrogens is 1. The van der Waals surface area contributed by atoms with Crippen molar-refractivity contribution < 1.29 is 36.2 Å². The first-order valence-corrected chi connectivity index (χ1v) is 5.20. The molecule has 112 valence electrons. The number of ether oxygens (including phenoxy) is 2. The Bertz CT molecular complexity index is 502. The number of esters is 1. The summed E-state index contributed by atoms with van der Waals surface area (Å²) in [5.41, 5.74) is -3.41. The largest absolute Gasteiger partial charge is 0.496 e. The zero-order chi connectivity index (χ0) is 15.5. The van der Waals surface area contributed by atoms with Crippen molar-refractivity contribution in [2.75, 3.05) is 14.2 Å². The van der Waals surface area contributed by atoms with E-state index in [1.165, 1.54) is 0 Å². The summed E-state index contributed by atoms with van der Waals surface area (Å²) >= 11 is 0. The molecule has 0 N–H and O–H groups in total. The second-order valence-corrected chi connectivity index (χ2v) is 3.63. The third-order valence-corrected chi connectivity index (χ3v) is 2.39. The fraction of sp³-hybridized carbons (Fsp3) is 0.455. The van der Waals surface area contributed by atoms with E-state index in [0.717, 1.165) is 20.4 Å². The lowest BCUT2D eigenvalue weighted by Gasteiger charge is -2.18. The molecule has 20 heavy (non-hydrogen) atoms. The number of hydrogen-bond acceptors (Lipinski definition) is 4. The normalized spacial score (nSPS) is 11.6. The van der Waals surface area contributed by atoms with Gasteiger partial charge in [0.05, 0.1) is 20.6 Å². The molecule has 0 saturated carbocycles. The molecule has 0 amide bonds. The fourth-order valence-electron chi connectivity index (χ4n) is 1.57. The lowest BCUT2D eigenvalue weighted by molar-refractivity contribution is -0.142. The molecule has 0 unspecified atom stereocenters. The molecule has 1 aromatic rings. The van der Waals surface area contributed by atoms with Crippen LogP contribution in [0.5, 0.6) is 5.75 Å². The van der Waals surface area contributed by atoms with E-state index in [1.807, 2.05) is 0 Å². The Morgan fingerprint density at radius 3 is 2.35 bits per heavy atom. The van der Waals surface area contributed by atoms with Crippen molar-refractivity contribution >= 4 is 5.97 Å². The number of rotatable bonds is 4. The first kappa shape index (κ1) is 16.1. The highest BCUT2D eigenvalue weighted by atomic mass is 19.4. The summed E-state index contributed by atoms with van der Waals surface area (Å²) in [6.07, 6.45) is -8.34. The maximum Gasteiger partial charge on any atom is 0.421 e. The number of carbonyl (C=O) groups excluding carboxylic acids is 1. The van der Waals surface area contributed by atoms with Gasteiger partial charge in [0.15, 0.2) is 0 Å². The van der Waals surface area contributed by atoms with Crippen LogP contribution < -0.4 is 4.74 Å². The van der Waals surface area contributed by atoms with Gasteiger partial charge in [-0.2, -0.15) is 13.2 Å². The number of alkyl halides is 5. The Kier molecular flexibility index (Phi) is 4.85. The minimum atomic E-state index is -5.09. The minimum Gasteiger partial charge on any atom is -0.496 e. The quantitative estimate of drug-likeness (QED) is 0.633. The van der Waals surface area contributed by atoms with Gasteiger partial charge in [0.2, 0.25) is 0 Å². The number of nitrogens with zero attached hydrogens (tertiary/aromatic N) is 1. The Balaban J connectivity index is 3.48. The molecule has 0 aliphatic rings. The maximum absolute atomic E-state index is 12.9. The predicted molar refractivity (Wildman–Crippen MR) is 56.5 cm³/mol. The van der Waals surface area contributed by atoms with Crippen LogP contribution in [0, 0.1) is 0 Å².